The van der Waals surface area contributed by atoms with Gasteiger partial charge in [0.05, 0.1) is 12.7 Å². The lowest BCUT2D eigenvalue weighted by atomic mass is 10.2. The van der Waals surface area contributed by atoms with Crippen molar-refractivity contribution in [3.05, 3.63) is 65.2 Å². The number of benzene rings is 2. The number of hydrogen-bond acceptors (Lipinski definition) is 6. The fraction of sp³-hybridized carbons (Fsp3) is 0.167. The van der Waals surface area contributed by atoms with E-state index in [4.69, 9.17) is 4.74 Å². The second-order valence-electron chi connectivity index (χ2n) is 5.30. The maximum Gasteiger partial charge on any atom is 0.261 e. The normalized spacial score (nSPS) is 10.5. The molecule has 0 fully saturated rings. The number of aryl methyl sites for hydroxylation is 1. The molecule has 3 aromatic rings. The molecule has 0 atom stereocenters. The first kappa shape index (κ1) is 17.4. The molecule has 0 saturated carbocycles. The van der Waals surface area contributed by atoms with Crippen LogP contribution in [0.4, 0.5) is 5.13 Å². The number of ether oxygens (including phenoxy) is 1. The Morgan fingerprint density at radius 3 is 2.68 bits per heavy atom. The predicted octanol–water partition coefficient (Wildman–Crippen LogP) is 4.40. The molecular formula is C18H17N3O2S2. The fourth-order valence-corrected chi connectivity index (χ4v) is 3.85. The molecule has 1 amide bonds. The van der Waals surface area contributed by atoms with Crippen LogP contribution in [0.25, 0.3) is 0 Å². The number of thioether (sulfide) groups is 1. The zero-order valence-corrected chi connectivity index (χ0v) is 15.5. The number of aromatic nitrogens is 2. The number of rotatable bonds is 6. The van der Waals surface area contributed by atoms with Crippen molar-refractivity contribution >= 4 is 34.1 Å². The number of amides is 1. The third kappa shape index (κ3) is 4.58. The van der Waals surface area contributed by atoms with Gasteiger partial charge in [0, 0.05) is 5.75 Å². The summed E-state index contributed by atoms with van der Waals surface area (Å²) < 4.78 is 6.02. The molecule has 0 aliphatic heterocycles. The predicted molar refractivity (Wildman–Crippen MR) is 102 cm³/mol. The first-order chi connectivity index (χ1) is 12.2. The lowest BCUT2D eigenvalue weighted by Gasteiger charge is -2.06. The maximum absolute atomic E-state index is 12.4. The molecule has 25 heavy (non-hydrogen) atoms. The van der Waals surface area contributed by atoms with Gasteiger partial charge in [-0.25, -0.2) is 0 Å². The van der Waals surface area contributed by atoms with Gasteiger partial charge in [0.15, 0.2) is 4.34 Å². The summed E-state index contributed by atoms with van der Waals surface area (Å²) in [5, 5.41) is 11.4. The summed E-state index contributed by atoms with van der Waals surface area (Å²) in [5.41, 5.74) is 2.94. The minimum absolute atomic E-state index is 0.260. The van der Waals surface area contributed by atoms with Crippen LogP contribution in [0.5, 0.6) is 5.75 Å². The highest BCUT2D eigenvalue weighted by Gasteiger charge is 2.14. The first-order valence-electron chi connectivity index (χ1n) is 7.62. The summed E-state index contributed by atoms with van der Waals surface area (Å²) >= 11 is 2.96. The van der Waals surface area contributed by atoms with Crippen LogP contribution in [-0.4, -0.2) is 23.2 Å². The van der Waals surface area contributed by atoms with Gasteiger partial charge in [-0.1, -0.05) is 65.1 Å². The highest BCUT2D eigenvalue weighted by molar-refractivity contribution is 8.00. The van der Waals surface area contributed by atoms with Crippen LogP contribution >= 0.6 is 23.1 Å². The summed E-state index contributed by atoms with van der Waals surface area (Å²) in [6.45, 7) is 2.07. The molecule has 128 valence electrons. The summed E-state index contributed by atoms with van der Waals surface area (Å²) in [4.78, 5) is 12.4. The van der Waals surface area contributed by atoms with E-state index in [-0.39, 0.29) is 5.91 Å². The molecule has 0 aliphatic rings. The third-order valence-corrected chi connectivity index (χ3v) is 5.50. The van der Waals surface area contributed by atoms with Crippen molar-refractivity contribution in [1.82, 2.24) is 10.2 Å². The molecule has 1 N–H and O–H groups in total. The van der Waals surface area contributed by atoms with Gasteiger partial charge in [0.25, 0.3) is 5.91 Å². The average molecular weight is 371 g/mol. The molecule has 0 saturated heterocycles. The van der Waals surface area contributed by atoms with Crippen LogP contribution in [0.15, 0.2) is 52.9 Å². The number of nitrogens with one attached hydrogen (secondary N) is 1. The van der Waals surface area contributed by atoms with Crippen molar-refractivity contribution in [3.8, 4) is 5.75 Å². The number of carbonyl (C=O) groups is 1. The Balaban J connectivity index is 1.61. The Bertz CT molecular complexity index is 863. The molecule has 7 heteroatoms. The standard InChI is InChI=1S/C18H17N3O2S2/c1-12-7-9-13(10-8-12)11-24-18-21-20-17(25-18)19-16(22)14-5-3-4-6-15(14)23-2/h3-10H,11H2,1-2H3,(H,19,20,22). The van der Waals surface area contributed by atoms with Crippen molar-refractivity contribution in [2.24, 2.45) is 0 Å². The second kappa shape index (κ2) is 8.13. The van der Waals surface area contributed by atoms with E-state index >= 15 is 0 Å². The lowest BCUT2D eigenvalue weighted by molar-refractivity contribution is 0.102. The summed E-state index contributed by atoms with van der Waals surface area (Å²) in [7, 11) is 1.54. The van der Waals surface area contributed by atoms with E-state index in [1.165, 1.54) is 29.6 Å². The van der Waals surface area contributed by atoms with Gasteiger partial charge in [0.2, 0.25) is 5.13 Å². The van der Waals surface area contributed by atoms with E-state index in [0.29, 0.717) is 16.4 Å². The minimum atomic E-state index is -0.260. The number of nitrogens with zero attached hydrogens (tertiary/aromatic N) is 2. The van der Waals surface area contributed by atoms with Gasteiger partial charge >= 0.3 is 0 Å². The zero-order valence-electron chi connectivity index (χ0n) is 13.9. The second-order valence-corrected chi connectivity index (χ2v) is 7.50. The molecule has 0 aliphatic carbocycles. The maximum atomic E-state index is 12.4. The average Bonchev–Trinajstić information content (AvgIpc) is 3.08. The summed E-state index contributed by atoms with van der Waals surface area (Å²) in [6, 6.07) is 15.5. The van der Waals surface area contributed by atoms with E-state index in [1.54, 1.807) is 30.0 Å². The Morgan fingerprint density at radius 2 is 1.92 bits per heavy atom. The first-order valence-corrected chi connectivity index (χ1v) is 9.42. The van der Waals surface area contributed by atoms with Crippen LogP contribution < -0.4 is 10.1 Å². The van der Waals surface area contributed by atoms with Gasteiger partial charge in [-0.2, -0.15) is 0 Å². The minimum Gasteiger partial charge on any atom is -0.496 e. The Morgan fingerprint density at radius 1 is 1.16 bits per heavy atom. The van der Waals surface area contributed by atoms with E-state index in [0.717, 1.165) is 10.1 Å². The Labute approximate surface area is 154 Å². The van der Waals surface area contributed by atoms with Crippen LogP contribution in [0.3, 0.4) is 0 Å². The number of anilines is 1. The lowest BCUT2D eigenvalue weighted by Crippen LogP contribution is -2.12. The number of carbonyl (C=O) groups excluding carboxylic acids is 1. The molecule has 0 radical (unpaired) electrons. The quantitative estimate of drug-likeness (QED) is 0.514. The highest BCUT2D eigenvalue weighted by atomic mass is 32.2. The molecule has 2 aromatic carbocycles. The molecule has 0 unspecified atom stereocenters. The highest BCUT2D eigenvalue weighted by Crippen LogP contribution is 2.29. The van der Waals surface area contributed by atoms with Crippen LogP contribution in [0, 0.1) is 6.92 Å². The van der Waals surface area contributed by atoms with Crippen molar-refractivity contribution in [1.29, 1.82) is 0 Å². The van der Waals surface area contributed by atoms with Crippen molar-refractivity contribution in [2.45, 2.75) is 17.0 Å². The van der Waals surface area contributed by atoms with Crippen LogP contribution in [0.2, 0.25) is 0 Å². The summed E-state index contributed by atoms with van der Waals surface area (Å²) in [5.74, 6) is 1.08. The molecule has 0 spiro atoms. The Kier molecular flexibility index (Phi) is 5.67. The van der Waals surface area contributed by atoms with Gasteiger partial charge in [0.1, 0.15) is 5.75 Å². The van der Waals surface area contributed by atoms with E-state index in [1.807, 2.05) is 6.07 Å². The number of para-hydroxylation sites is 1. The van der Waals surface area contributed by atoms with E-state index in [9.17, 15) is 4.79 Å². The third-order valence-electron chi connectivity index (χ3n) is 3.46. The summed E-state index contributed by atoms with van der Waals surface area (Å²) in [6.07, 6.45) is 0. The number of hydrogen-bond donors (Lipinski definition) is 1. The molecule has 3 rings (SSSR count). The Hall–Kier alpha value is -2.38. The van der Waals surface area contributed by atoms with Gasteiger partial charge in [-0.05, 0) is 24.6 Å². The van der Waals surface area contributed by atoms with Gasteiger partial charge in [-0.15, -0.1) is 10.2 Å². The van der Waals surface area contributed by atoms with Gasteiger partial charge in [-0.3, -0.25) is 10.1 Å². The van der Waals surface area contributed by atoms with Crippen LogP contribution in [-0.2, 0) is 5.75 Å². The molecular weight excluding hydrogens is 354 g/mol. The van der Waals surface area contributed by atoms with E-state index < -0.39 is 0 Å². The topological polar surface area (TPSA) is 64.1 Å². The fourth-order valence-electron chi connectivity index (χ4n) is 2.14. The van der Waals surface area contributed by atoms with Crippen LogP contribution in [0.1, 0.15) is 21.5 Å². The molecule has 1 heterocycles. The SMILES string of the molecule is COc1ccccc1C(=O)Nc1nnc(SCc2ccc(C)cc2)s1. The van der Waals surface area contributed by atoms with Crippen molar-refractivity contribution < 1.29 is 9.53 Å². The zero-order chi connectivity index (χ0) is 17.6. The van der Waals surface area contributed by atoms with Gasteiger partial charge < -0.3 is 4.74 Å². The van der Waals surface area contributed by atoms with E-state index in [2.05, 4.69) is 46.7 Å². The van der Waals surface area contributed by atoms with Crippen molar-refractivity contribution in [2.75, 3.05) is 12.4 Å². The monoisotopic (exact) mass is 371 g/mol. The molecule has 0 bridgehead atoms. The molecule has 1 aromatic heterocycles. The molecule has 5 nitrogen and oxygen atoms in total. The van der Waals surface area contributed by atoms with Crippen molar-refractivity contribution in [3.63, 3.8) is 0 Å². The smallest absolute Gasteiger partial charge is 0.261 e. The largest absolute Gasteiger partial charge is 0.496 e. The number of methoxy groups -OCH3 is 1.